The molecule has 2 fully saturated rings. The van der Waals surface area contributed by atoms with Crippen molar-refractivity contribution in [1.82, 2.24) is 25.3 Å². The normalized spacial score (nSPS) is 13.7. The first-order valence-corrected chi connectivity index (χ1v) is 21.9. The molecule has 2 aliphatic rings. The van der Waals surface area contributed by atoms with Crippen molar-refractivity contribution in [3.05, 3.63) is 122 Å². The molecule has 0 unspecified atom stereocenters. The number of hydrogen-bond donors (Lipinski definition) is 3. The Bertz CT molecular complexity index is 2280. The Kier molecular flexibility index (Phi) is 15.1. The Morgan fingerprint density at radius 2 is 1.17 bits per heavy atom. The summed E-state index contributed by atoms with van der Waals surface area (Å²) in [7, 11) is 0. The topological polar surface area (TPSA) is 125 Å². The standard InChI is InChI=1S/C23H26N4OS.C17H14ClN3OS.C5H11N/c1-15-11-16(2)21(17(3)12-15)19-14-29-23(25-19)26-22(28)18-7-8-24-20(13-18)27-9-5-4-6-10-27;1-10-4-3-5-11(2)15(10)13-9-23-17(20-13)21-16(22)12-6-7-19-14(18)8-12;1-2-4-6-5-3-1/h7-8,11-14H,4-6,9-10H2,1-3H3,(H,25,26,28);3-9H,1-2H3,(H,20,21,22);6H,1-5H2. The Morgan fingerprint density at radius 3 is 1.69 bits per heavy atom. The molecule has 0 bridgehead atoms. The largest absolute Gasteiger partial charge is 0.357 e. The van der Waals surface area contributed by atoms with Gasteiger partial charge in [0, 0.05) is 58.5 Å². The van der Waals surface area contributed by atoms with Gasteiger partial charge in [0.2, 0.25) is 0 Å². The molecular weight excluding hydrogens is 784 g/mol. The van der Waals surface area contributed by atoms with Crippen molar-refractivity contribution in [2.75, 3.05) is 41.7 Å². The lowest BCUT2D eigenvalue weighted by Crippen LogP contribution is -2.30. The van der Waals surface area contributed by atoms with E-state index in [1.165, 1.54) is 103 Å². The smallest absolute Gasteiger partial charge is 0.257 e. The molecule has 6 heterocycles. The Morgan fingerprint density at radius 1 is 0.655 bits per heavy atom. The number of rotatable bonds is 7. The first-order chi connectivity index (χ1) is 28.0. The van der Waals surface area contributed by atoms with Crippen molar-refractivity contribution in [2.24, 2.45) is 0 Å². The van der Waals surface area contributed by atoms with Crippen molar-refractivity contribution < 1.29 is 9.59 Å². The molecule has 58 heavy (non-hydrogen) atoms. The van der Waals surface area contributed by atoms with Crippen LogP contribution in [0.3, 0.4) is 0 Å². The molecule has 2 aliphatic heterocycles. The molecule has 0 atom stereocenters. The number of carbonyl (C=O) groups is 2. The fourth-order valence-electron chi connectivity index (χ4n) is 7.23. The predicted molar refractivity (Wildman–Crippen MR) is 241 cm³/mol. The summed E-state index contributed by atoms with van der Waals surface area (Å²) in [5.74, 6) is 0.476. The van der Waals surface area contributed by atoms with Crippen LogP contribution in [0, 0.1) is 34.6 Å². The van der Waals surface area contributed by atoms with Gasteiger partial charge < -0.3 is 10.2 Å². The number of anilines is 3. The van der Waals surface area contributed by atoms with Gasteiger partial charge in [-0.2, -0.15) is 0 Å². The summed E-state index contributed by atoms with van der Waals surface area (Å²) in [5.41, 5.74) is 11.1. The summed E-state index contributed by atoms with van der Waals surface area (Å²) < 4.78 is 0. The monoisotopic (exact) mass is 834 g/mol. The fourth-order valence-corrected chi connectivity index (χ4v) is 8.80. The van der Waals surface area contributed by atoms with E-state index < -0.39 is 0 Å². The highest BCUT2D eigenvalue weighted by molar-refractivity contribution is 7.14. The van der Waals surface area contributed by atoms with E-state index in [0.717, 1.165) is 52.5 Å². The van der Waals surface area contributed by atoms with Gasteiger partial charge in [0.25, 0.3) is 11.8 Å². The van der Waals surface area contributed by atoms with Gasteiger partial charge in [0.05, 0.1) is 11.4 Å². The SMILES string of the molecule is C1CCNCC1.Cc1cc(C)c(-c2csc(NC(=O)c3ccnc(N4CCCCC4)c3)n2)c(C)c1.Cc1cccc(C)c1-c1csc(NC(=O)c2ccnc(Cl)c2)n1. The summed E-state index contributed by atoms with van der Waals surface area (Å²) in [5, 5.41) is 14.4. The minimum absolute atomic E-state index is 0.149. The average Bonchev–Trinajstić information content (AvgIpc) is 3.88. The third kappa shape index (κ3) is 11.6. The number of piperidine rings is 2. The summed E-state index contributed by atoms with van der Waals surface area (Å²) in [6, 6.07) is 17.2. The molecule has 0 saturated carbocycles. The van der Waals surface area contributed by atoms with Gasteiger partial charge in [0.15, 0.2) is 10.3 Å². The minimum Gasteiger partial charge on any atom is -0.357 e. The van der Waals surface area contributed by atoms with Crippen LogP contribution in [-0.4, -0.2) is 57.9 Å². The van der Waals surface area contributed by atoms with Crippen LogP contribution in [0.1, 0.15) is 87.1 Å². The van der Waals surface area contributed by atoms with Gasteiger partial charge >= 0.3 is 0 Å². The Balaban J connectivity index is 0.000000174. The quantitative estimate of drug-likeness (QED) is 0.136. The van der Waals surface area contributed by atoms with E-state index in [1.54, 1.807) is 18.3 Å². The lowest BCUT2D eigenvalue weighted by atomic mass is 9.98. The summed E-state index contributed by atoms with van der Waals surface area (Å²) in [6.45, 7) is 14.9. The zero-order valence-electron chi connectivity index (χ0n) is 33.8. The molecule has 10 nitrogen and oxygen atoms in total. The third-order valence-electron chi connectivity index (χ3n) is 10.0. The number of aryl methyl sites for hydroxylation is 5. The van der Waals surface area contributed by atoms with Gasteiger partial charge in [-0.3, -0.25) is 20.2 Å². The molecule has 3 N–H and O–H groups in total. The number of aromatic nitrogens is 4. The molecule has 0 radical (unpaired) electrons. The second-order valence-corrected chi connectivity index (χ2v) is 16.8. The van der Waals surface area contributed by atoms with Gasteiger partial charge in [0.1, 0.15) is 11.0 Å². The Labute approximate surface area is 354 Å². The molecule has 13 heteroatoms. The molecule has 2 saturated heterocycles. The van der Waals surface area contributed by atoms with E-state index in [2.05, 4.69) is 99.7 Å². The van der Waals surface area contributed by atoms with Crippen LogP contribution >= 0.6 is 34.3 Å². The van der Waals surface area contributed by atoms with Crippen LogP contribution in [0.15, 0.2) is 77.8 Å². The molecule has 0 spiro atoms. The number of thiazole rings is 2. The predicted octanol–water partition coefficient (Wildman–Crippen LogP) is 10.9. The maximum absolute atomic E-state index is 12.8. The fraction of sp³-hybridized carbons (Fsp3) is 0.333. The maximum atomic E-state index is 12.8. The molecule has 4 aromatic heterocycles. The number of pyridine rings is 2. The third-order valence-corrected chi connectivity index (χ3v) is 11.7. The zero-order valence-corrected chi connectivity index (χ0v) is 36.2. The van der Waals surface area contributed by atoms with Crippen molar-refractivity contribution in [2.45, 2.75) is 73.1 Å². The van der Waals surface area contributed by atoms with Crippen molar-refractivity contribution >= 4 is 62.2 Å². The van der Waals surface area contributed by atoms with Crippen LogP contribution in [0.5, 0.6) is 0 Å². The molecule has 6 aromatic rings. The summed E-state index contributed by atoms with van der Waals surface area (Å²) in [6.07, 6.45) is 11.1. The molecule has 2 amide bonds. The van der Waals surface area contributed by atoms with Crippen molar-refractivity contribution in [3.8, 4) is 22.5 Å². The second kappa shape index (κ2) is 20.6. The van der Waals surface area contributed by atoms with Crippen LogP contribution in [0.25, 0.3) is 22.5 Å². The van der Waals surface area contributed by atoms with E-state index in [9.17, 15) is 9.59 Å². The zero-order chi connectivity index (χ0) is 41.0. The first kappa shape index (κ1) is 42.6. The van der Waals surface area contributed by atoms with Gasteiger partial charge in [-0.25, -0.2) is 19.9 Å². The van der Waals surface area contributed by atoms with Gasteiger partial charge in [-0.15, -0.1) is 22.7 Å². The van der Waals surface area contributed by atoms with Gasteiger partial charge in [-0.05, 0) is 126 Å². The first-order valence-electron chi connectivity index (χ1n) is 19.8. The van der Waals surface area contributed by atoms with E-state index in [4.69, 9.17) is 11.6 Å². The minimum atomic E-state index is -0.253. The molecular formula is C45H51ClN8O2S2. The highest BCUT2D eigenvalue weighted by atomic mass is 35.5. The second-order valence-electron chi connectivity index (χ2n) is 14.7. The number of halogens is 1. The van der Waals surface area contributed by atoms with Crippen molar-refractivity contribution in [1.29, 1.82) is 0 Å². The number of hydrogen-bond acceptors (Lipinski definition) is 10. The lowest BCUT2D eigenvalue weighted by Gasteiger charge is -2.27. The van der Waals surface area contributed by atoms with Crippen LogP contribution in [0.2, 0.25) is 5.15 Å². The highest BCUT2D eigenvalue weighted by Gasteiger charge is 2.17. The highest BCUT2D eigenvalue weighted by Crippen LogP contribution is 2.32. The summed E-state index contributed by atoms with van der Waals surface area (Å²) in [4.78, 5) is 44.8. The number of nitrogens with zero attached hydrogens (tertiary/aromatic N) is 5. The summed E-state index contributed by atoms with van der Waals surface area (Å²) >= 11 is 8.66. The Hall–Kier alpha value is -5.01. The van der Waals surface area contributed by atoms with E-state index in [-0.39, 0.29) is 17.0 Å². The number of carbonyl (C=O) groups excluding carboxylic acids is 2. The number of nitrogens with one attached hydrogen (secondary N) is 3. The molecule has 2 aromatic carbocycles. The van der Waals surface area contributed by atoms with Gasteiger partial charge in [-0.1, -0.05) is 53.9 Å². The van der Waals surface area contributed by atoms with Crippen LogP contribution < -0.4 is 20.9 Å². The van der Waals surface area contributed by atoms with Crippen LogP contribution in [-0.2, 0) is 0 Å². The lowest BCUT2D eigenvalue weighted by molar-refractivity contribution is 0.101. The molecule has 8 rings (SSSR count). The number of amides is 2. The van der Waals surface area contributed by atoms with E-state index in [0.29, 0.717) is 21.4 Å². The van der Waals surface area contributed by atoms with Crippen molar-refractivity contribution in [3.63, 3.8) is 0 Å². The van der Waals surface area contributed by atoms with E-state index >= 15 is 0 Å². The van der Waals surface area contributed by atoms with Crippen LogP contribution in [0.4, 0.5) is 16.1 Å². The number of benzene rings is 2. The maximum Gasteiger partial charge on any atom is 0.257 e. The molecule has 0 aliphatic carbocycles. The average molecular weight is 836 g/mol. The van der Waals surface area contributed by atoms with E-state index in [1.807, 2.05) is 22.9 Å². The molecule has 302 valence electrons.